The molecule has 0 aliphatic carbocycles. The molecule has 0 amide bonds. The summed E-state index contributed by atoms with van der Waals surface area (Å²) in [6.45, 7) is 0.199. The Morgan fingerprint density at radius 2 is 1.76 bits per heavy atom. The number of nitrogen functional groups attached to an aromatic ring is 1. The molecular formula is C15H17FN2O2S. The summed E-state index contributed by atoms with van der Waals surface area (Å²) in [4.78, 5) is 0. The molecule has 2 N–H and O–H groups in total. The molecule has 2 aromatic rings. The molecule has 112 valence electrons. The lowest BCUT2D eigenvalue weighted by Gasteiger charge is -2.17. The molecule has 0 aliphatic heterocycles. The number of halogens is 1. The number of benzene rings is 2. The van der Waals surface area contributed by atoms with Crippen LogP contribution in [0.2, 0.25) is 0 Å². The summed E-state index contributed by atoms with van der Waals surface area (Å²) in [5, 5.41) is 0. The zero-order valence-corrected chi connectivity index (χ0v) is 12.5. The van der Waals surface area contributed by atoms with Gasteiger partial charge in [0.1, 0.15) is 5.82 Å². The number of hydrogen-bond acceptors (Lipinski definition) is 3. The van der Waals surface area contributed by atoms with Crippen LogP contribution in [0.4, 0.5) is 10.1 Å². The first-order valence-corrected chi connectivity index (χ1v) is 8.00. The fourth-order valence-corrected chi connectivity index (χ4v) is 3.12. The Labute approximate surface area is 124 Å². The highest BCUT2D eigenvalue weighted by atomic mass is 32.2. The topological polar surface area (TPSA) is 63.4 Å². The van der Waals surface area contributed by atoms with E-state index < -0.39 is 10.0 Å². The van der Waals surface area contributed by atoms with Gasteiger partial charge in [-0.15, -0.1) is 0 Å². The van der Waals surface area contributed by atoms with E-state index in [0.717, 1.165) is 5.56 Å². The van der Waals surface area contributed by atoms with Crippen molar-refractivity contribution in [2.75, 3.05) is 12.8 Å². The highest BCUT2D eigenvalue weighted by Gasteiger charge is 2.18. The standard InChI is InChI=1S/C15H17FN2O2S/c1-18(10-12-5-7-14(16)8-6-12)21(19,20)11-13-3-2-4-15(17)9-13/h2-9H,10-11,17H2,1H3. The van der Waals surface area contributed by atoms with Crippen LogP contribution in [0.15, 0.2) is 48.5 Å². The number of anilines is 1. The van der Waals surface area contributed by atoms with Crippen molar-refractivity contribution in [1.82, 2.24) is 4.31 Å². The number of sulfonamides is 1. The van der Waals surface area contributed by atoms with Gasteiger partial charge in [0.2, 0.25) is 10.0 Å². The van der Waals surface area contributed by atoms with Crippen molar-refractivity contribution >= 4 is 15.7 Å². The number of rotatable bonds is 5. The minimum absolute atomic E-state index is 0.115. The summed E-state index contributed by atoms with van der Waals surface area (Å²) in [6.07, 6.45) is 0. The van der Waals surface area contributed by atoms with Crippen LogP contribution in [-0.4, -0.2) is 19.8 Å². The van der Waals surface area contributed by atoms with Gasteiger partial charge in [-0.2, -0.15) is 0 Å². The van der Waals surface area contributed by atoms with E-state index in [1.54, 1.807) is 36.4 Å². The number of nitrogens with two attached hydrogens (primary N) is 1. The fourth-order valence-electron chi connectivity index (χ4n) is 1.95. The Hall–Kier alpha value is -1.92. The van der Waals surface area contributed by atoms with Crippen LogP contribution >= 0.6 is 0 Å². The Morgan fingerprint density at radius 1 is 1.10 bits per heavy atom. The summed E-state index contributed by atoms with van der Waals surface area (Å²) in [5.41, 5.74) is 7.55. The second kappa shape index (κ2) is 6.24. The van der Waals surface area contributed by atoms with Gasteiger partial charge in [-0.3, -0.25) is 0 Å². The zero-order valence-electron chi connectivity index (χ0n) is 11.7. The Bertz CT molecular complexity index is 715. The molecule has 0 heterocycles. The van der Waals surface area contributed by atoms with Crippen molar-refractivity contribution in [2.24, 2.45) is 0 Å². The average molecular weight is 308 g/mol. The second-order valence-corrected chi connectivity index (χ2v) is 6.96. The predicted molar refractivity (Wildman–Crippen MR) is 81.3 cm³/mol. The quantitative estimate of drug-likeness (QED) is 0.863. The van der Waals surface area contributed by atoms with Gasteiger partial charge >= 0.3 is 0 Å². The summed E-state index contributed by atoms with van der Waals surface area (Å²) < 4.78 is 38.7. The molecule has 0 spiro atoms. The van der Waals surface area contributed by atoms with Crippen LogP contribution in [-0.2, 0) is 22.3 Å². The number of hydrogen-bond donors (Lipinski definition) is 1. The van der Waals surface area contributed by atoms with Crippen molar-refractivity contribution in [2.45, 2.75) is 12.3 Å². The average Bonchev–Trinajstić information content (AvgIpc) is 2.41. The Kier molecular flexibility index (Phi) is 4.59. The Morgan fingerprint density at radius 3 is 2.38 bits per heavy atom. The van der Waals surface area contributed by atoms with Gasteiger partial charge in [0.15, 0.2) is 0 Å². The SMILES string of the molecule is CN(Cc1ccc(F)cc1)S(=O)(=O)Cc1cccc(N)c1. The minimum Gasteiger partial charge on any atom is -0.399 e. The summed E-state index contributed by atoms with van der Waals surface area (Å²) in [6, 6.07) is 12.6. The molecule has 0 radical (unpaired) electrons. The van der Waals surface area contributed by atoms with Gasteiger partial charge < -0.3 is 5.73 Å². The molecule has 0 atom stereocenters. The van der Waals surface area contributed by atoms with Gasteiger partial charge in [0.05, 0.1) is 5.75 Å². The van der Waals surface area contributed by atoms with Crippen LogP contribution in [0, 0.1) is 5.82 Å². The fraction of sp³-hybridized carbons (Fsp3) is 0.200. The molecule has 0 saturated carbocycles. The molecule has 0 saturated heterocycles. The summed E-state index contributed by atoms with van der Waals surface area (Å²) >= 11 is 0. The first-order chi connectivity index (χ1) is 9.87. The first kappa shape index (κ1) is 15.5. The van der Waals surface area contributed by atoms with E-state index in [1.807, 2.05) is 0 Å². The van der Waals surface area contributed by atoms with E-state index in [0.29, 0.717) is 11.3 Å². The molecule has 2 aromatic carbocycles. The van der Waals surface area contributed by atoms with E-state index in [2.05, 4.69) is 0 Å². The molecule has 4 nitrogen and oxygen atoms in total. The molecule has 0 aliphatic rings. The van der Waals surface area contributed by atoms with Crippen molar-refractivity contribution < 1.29 is 12.8 Å². The van der Waals surface area contributed by atoms with Crippen molar-refractivity contribution in [3.63, 3.8) is 0 Å². The Balaban J connectivity index is 2.09. The molecule has 0 aromatic heterocycles. The lowest BCUT2D eigenvalue weighted by atomic mass is 10.2. The third-order valence-electron chi connectivity index (χ3n) is 3.09. The summed E-state index contributed by atoms with van der Waals surface area (Å²) in [5.74, 6) is -0.459. The molecule has 6 heteroatoms. The van der Waals surface area contributed by atoms with Gasteiger partial charge in [0, 0.05) is 19.3 Å². The van der Waals surface area contributed by atoms with E-state index in [1.165, 1.54) is 23.5 Å². The van der Waals surface area contributed by atoms with Crippen LogP contribution < -0.4 is 5.73 Å². The second-order valence-electron chi connectivity index (χ2n) is 4.88. The molecule has 0 unspecified atom stereocenters. The van der Waals surface area contributed by atoms with Crippen molar-refractivity contribution in [1.29, 1.82) is 0 Å². The first-order valence-electron chi connectivity index (χ1n) is 6.40. The van der Waals surface area contributed by atoms with E-state index in [9.17, 15) is 12.8 Å². The van der Waals surface area contributed by atoms with Crippen LogP contribution in [0.25, 0.3) is 0 Å². The largest absolute Gasteiger partial charge is 0.399 e. The molecule has 21 heavy (non-hydrogen) atoms. The van der Waals surface area contributed by atoms with Crippen LogP contribution in [0.5, 0.6) is 0 Å². The van der Waals surface area contributed by atoms with E-state index in [4.69, 9.17) is 5.73 Å². The molecule has 0 fully saturated rings. The molecule has 0 bridgehead atoms. The number of nitrogens with zero attached hydrogens (tertiary/aromatic N) is 1. The van der Waals surface area contributed by atoms with Gasteiger partial charge in [-0.25, -0.2) is 17.1 Å². The van der Waals surface area contributed by atoms with Crippen LogP contribution in [0.3, 0.4) is 0 Å². The normalized spacial score (nSPS) is 11.8. The lowest BCUT2D eigenvalue weighted by Crippen LogP contribution is -2.27. The van der Waals surface area contributed by atoms with E-state index >= 15 is 0 Å². The third kappa shape index (κ3) is 4.27. The maximum atomic E-state index is 12.8. The monoisotopic (exact) mass is 308 g/mol. The molecule has 2 rings (SSSR count). The zero-order chi connectivity index (χ0) is 15.5. The predicted octanol–water partition coefficient (Wildman–Crippen LogP) is 2.37. The van der Waals surface area contributed by atoms with Gasteiger partial charge in [0.25, 0.3) is 0 Å². The van der Waals surface area contributed by atoms with Gasteiger partial charge in [-0.1, -0.05) is 24.3 Å². The van der Waals surface area contributed by atoms with Crippen molar-refractivity contribution in [3.05, 3.63) is 65.5 Å². The lowest BCUT2D eigenvalue weighted by molar-refractivity contribution is 0.465. The maximum absolute atomic E-state index is 12.8. The van der Waals surface area contributed by atoms with E-state index in [-0.39, 0.29) is 18.1 Å². The summed E-state index contributed by atoms with van der Waals surface area (Å²) in [7, 11) is -1.95. The molecular weight excluding hydrogens is 291 g/mol. The third-order valence-corrected chi connectivity index (χ3v) is 4.87. The van der Waals surface area contributed by atoms with Gasteiger partial charge in [-0.05, 0) is 35.4 Å². The van der Waals surface area contributed by atoms with Crippen molar-refractivity contribution in [3.8, 4) is 0 Å². The minimum atomic E-state index is -3.45. The maximum Gasteiger partial charge on any atom is 0.218 e. The smallest absolute Gasteiger partial charge is 0.218 e. The van der Waals surface area contributed by atoms with Crippen LogP contribution in [0.1, 0.15) is 11.1 Å². The highest BCUT2D eigenvalue weighted by Crippen LogP contribution is 2.15. The highest BCUT2D eigenvalue weighted by molar-refractivity contribution is 7.88.